The van der Waals surface area contributed by atoms with Gasteiger partial charge in [0.1, 0.15) is 0 Å². The van der Waals surface area contributed by atoms with Crippen LogP contribution in [0.1, 0.15) is 53.5 Å². The Balaban J connectivity index is 3.17. The summed E-state index contributed by atoms with van der Waals surface area (Å²) in [6.07, 6.45) is 3.36. The molecule has 0 heterocycles. The lowest BCUT2D eigenvalue weighted by Gasteiger charge is -2.41. The van der Waals surface area contributed by atoms with E-state index in [-0.39, 0.29) is 21.9 Å². The van der Waals surface area contributed by atoms with Gasteiger partial charge in [0.25, 0.3) is 0 Å². The predicted molar refractivity (Wildman–Crippen MR) is 122 cm³/mol. The van der Waals surface area contributed by atoms with E-state index in [1.165, 1.54) is 5.56 Å². The van der Waals surface area contributed by atoms with Gasteiger partial charge in [-0.15, -0.1) is 6.58 Å². The van der Waals surface area contributed by atoms with Crippen LogP contribution in [-0.4, -0.2) is 29.4 Å². The summed E-state index contributed by atoms with van der Waals surface area (Å²) in [4.78, 5) is 0. The maximum atomic E-state index is 12.9. The summed E-state index contributed by atoms with van der Waals surface area (Å²) in [5.74, 6) is 0. The summed E-state index contributed by atoms with van der Waals surface area (Å²) in [7, 11) is -3.13. The Morgan fingerprint density at radius 3 is 2.15 bits per heavy atom. The third-order valence-electron chi connectivity index (χ3n) is 5.21. The molecule has 0 saturated heterocycles. The van der Waals surface area contributed by atoms with E-state index in [1.54, 1.807) is 0 Å². The lowest BCUT2D eigenvalue weighted by atomic mass is 10.0. The third kappa shape index (κ3) is 7.64. The van der Waals surface area contributed by atoms with Crippen molar-refractivity contribution in [2.24, 2.45) is 0 Å². The molecule has 0 bridgehead atoms. The van der Waals surface area contributed by atoms with Crippen molar-refractivity contribution in [2.45, 2.75) is 89.4 Å². The number of hydrogen-bond acceptors (Lipinski definition) is 2. The topological polar surface area (TPSA) is 38.3 Å². The molecule has 1 rings (SSSR count). The second-order valence-electron chi connectivity index (χ2n) is 9.74. The van der Waals surface area contributed by atoms with Crippen LogP contribution in [0.25, 0.3) is 0 Å². The molecule has 0 spiro atoms. The molecule has 1 N–H and O–H groups in total. The first kappa shape index (κ1) is 24.3. The molecule has 1 aromatic carbocycles. The van der Waals surface area contributed by atoms with Gasteiger partial charge < -0.3 is 4.43 Å². The molecular weight excluding hydrogens is 370 g/mol. The Bertz CT molecular complexity index is 617. The zero-order valence-corrected chi connectivity index (χ0v) is 20.3. The van der Waals surface area contributed by atoms with Crippen LogP contribution in [0.5, 0.6) is 0 Å². The molecule has 0 radical (unpaired) electrons. The zero-order chi connectivity index (χ0) is 20.9. The van der Waals surface area contributed by atoms with Crippen LogP contribution >= 0.6 is 0 Å². The van der Waals surface area contributed by atoms with Crippen LogP contribution in [0.3, 0.4) is 0 Å². The zero-order valence-electron chi connectivity index (χ0n) is 18.5. The molecule has 0 aliphatic carbocycles. The summed E-state index contributed by atoms with van der Waals surface area (Å²) >= 11 is 0. The van der Waals surface area contributed by atoms with Gasteiger partial charge >= 0.3 is 0 Å². The van der Waals surface area contributed by atoms with Crippen LogP contribution in [0.15, 0.2) is 43.0 Å². The summed E-state index contributed by atoms with van der Waals surface area (Å²) in [5.41, 5.74) is 1.22. The van der Waals surface area contributed by atoms with E-state index in [2.05, 4.69) is 57.3 Å². The molecule has 0 aliphatic rings. The van der Waals surface area contributed by atoms with Crippen molar-refractivity contribution in [1.29, 1.82) is 0 Å². The Morgan fingerprint density at radius 2 is 1.70 bits per heavy atom. The highest BCUT2D eigenvalue weighted by Crippen LogP contribution is 2.38. The monoisotopic (exact) mass is 409 g/mol. The van der Waals surface area contributed by atoms with Crippen molar-refractivity contribution in [2.75, 3.05) is 0 Å². The van der Waals surface area contributed by atoms with Gasteiger partial charge in [0.2, 0.25) is 0 Å². The second kappa shape index (κ2) is 9.64. The van der Waals surface area contributed by atoms with E-state index in [0.717, 1.165) is 12.8 Å². The van der Waals surface area contributed by atoms with Gasteiger partial charge in [-0.25, -0.2) is 8.93 Å². The quantitative estimate of drug-likeness (QED) is 0.425. The minimum atomic E-state index is -1.97. The van der Waals surface area contributed by atoms with E-state index in [9.17, 15) is 4.21 Å². The molecule has 0 amide bonds. The second-order valence-corrected chi connectivity index (χ2v) is 16.5. The number of nitrogens with one attached hydrogen (secondary N) is 1. The SMILES string of the molecule is C=CC[C@@H](O[Si](C)(C)C(C)(C)C)[C@H](Cc1ccccc1)N[S@@](=O)C(C)(C)C. The van der Waals surface area contributed by atoms with Crippen LogP contribution in [0, 0.1) is 0 Å². The van der Waals surface area contributed by atoms with Gasteiger partial charge in [-0.05, 0) is 57.3 Å². The third-order valence-corrected chi connectivity index (χ3v) is 11.3. The Hall–Kier alpha value is -0.753. The Kier molecular flexibility index (Phi) is 8.67. The summed E-state index contributed by atoms with van der Waals surface area (Å²) < 4.78 is 22.7. The van der Waals surface area contributed by atoms with Crippen molar-refractivity contribution in [1.82, 2.24) is 4.72 Å². The molecule has 1 aromatic rings. The average Bonchev–Trinajstić information content (AvgIpc) is 2.52. The van der Waals surface area contributed by atoms with Gasteiger partial charge in [0.05, 0.1) is 21.8 Å². The maximum absolute atomic E-state index is 12.9. The van der Waals surface area contributed by atoms with Crippen molar-refractivity contribution >= 4 is 19.3 Å². The molecule has 3 atom stereocenters. The van der Waals surface area contributed by atoms with Gasteiger partial charge in [-0.1, -0.05) is 57.2 Å². The smallest absolute Gasteiger partial charge is 0.192 e. The Morgan fingerprint density at radius 1 is 1.15 bits per heavy atom. The standard InChI is InChI=1S/C22H39NO2SSi/c1-10-14-20(25-27(8,9)22(5,6)7)19(23-26(24)21(2,3)4)17-18-15-12-11-13-16-18/h10-13,15-16,19-20,23H,1,14,17H2,2-9H3/t19-,20+,26-/m0/s1. The molecule has 5 heteroatoms. The van der Waals surface area contributed by atoms with Crippen LogP contribution in [0.2, 0.25) is 18.1 Å². The molecule has 0 unspecified atom stereocenters. The molecule has 0 aliphatic heterocycles. The first-order valence-electron chi connectivity index (χ1n) is 9.78. The number of rotatable bonds is 9. The van der Waals surface area contributed by atoms with Gasteiger partial charge in [-0.3, -0.25) is 0 Å². The summed E-state index contributed by atoms with van der Waals surface area (Å²) in [6, 6.07) is 10.3. The van der Waals surface area contributed by atoms with Gasteiger partial charge in [0, 0.05) is 6.04 Å². The lowest BCUT2D eigenvalue weighted by Crippen LogP contribution is -2.53. The molecule has 0 aromatic heterocycles. The fourth-order valence-corrected chi connectivity index (χ4v) is 4.68. The predicted octanol–water partition coefficient (Wildman–Crippen LogP) is 5.62. The van der Waals surface area contributed by atoms with E-state index in [1.807, 2.05) is 45.0 Å². The first-order valence-corrected chi connectivity index (χ1v) is 13.8. The molecular formula is C22H39NO2SSi. The van der Waals surface area contributed by atoms with Crippen LogP contribution < -0.4 is 4.72 Å². The van der Waals surface area contributed by atoms with Gasteiger partial charge in [0.15, 0.2) is 8.32 Å². The highest BCUT2D eigenvalue weighted by molar-refractivity contribution is 7.84. The average molecular weight is 410 g/mol. The van der Waals surface area contributed by atoms with Crippen molar-refractivity contribution < 1.29 is 8.63 Å². The molecule has 154 valence electrons. The largest absolute Gasteiger partial charge is 0.412 e. The van der Waals surface area contributed by atoms with Crippen molar-refractivity contribution in [3.8, 4) is 0 Å². The maximum Gasteiger partial charge on any atom is 0.192 e. The molecule has 0 saturated carbocycles. The summed E-state index contributed by atoms with van der Waals surface area (Å²) in [5, 5.41) is 0.118. The highest BCUT2D eigenvalue weighted by Gasteiger charge is 2.41. The minimum absolute atomic E-state index is 0.0421. The van der Waals surface area contributed by atoms with E-state index in [0.29, 0.717) is 0 Å². The van der Waals surface area contributed by atoms with E-state index in [4.69, 9.17) is 4.43 Å². The molecule has 27 heavy (non-hydrogen) atoms. The van der Waals surface area contributed by atoms with E-state index >= 15 is 0 Å². The fourth-order valence-electron chi connectivity index (χ4n) is 2.45. The lowest BCUT2D eigenvalue weighted by molar-refractivity contribution is 0.147. The number of hydrogen-bond donors (Lipinski definition) is 1. The fraction of sp³-hybridized carbons (Fsp3) is 0.636. The van der Waals surface area contributed by atoms with Gasteiger partial charge in [-0.2, -0.15) is 0 Å². The number of benzene rings is 1. The molecule has 3 nitrogen and oxygen atoms in total. The van der Waals surface area contributed by atoms with Crippen LogP contribution in [-0.2, 0) is 21.8 Å². The minimum Gasteiger partial charge on any atom is -0.412 e. The van der Waals surface area contributed by atoms with Crippen LogP contribution in [0.4, 0.5) is 0 Å². The normalized spacial score (nSPS) is 16.6. The first-order chi connectivity index (χ1) is 12.3. The van der Waals surface area contributed by atoms with E-state index < -0.39 is 19.3 Å². The van der Waals surface area contributed by atoms with Crippen molar-refractivity contribution in [3.05, 3.63) is 48.6 Å². The molecule has 0 fully saturated rings. The summed E-state index contributed by atoms with van der Waals surface area (Å²) in [6.45, 7) is 21.2. The van der Waals surface area contributed by atoms with Crippen molar-refractivity contribution in [3.63, 3.8) is 0 Å². The highest BCUT2D eigenvalue weighted by atomic mass is 32.2. The Labute approximate surface area is 170 Å².